The molecule has 0 bridgehead atoms. The maximum absolute atomic E-state index is 13.6. The molecule has 2 unspecified atom stereocenters. The first-order valence-corrected chi connectivity index (χ1v) is 6.81. The standard InChI is InChI=1S/C14H16FNS/c1-3-5-10(2)16-13-8-9-17-14-11(13)6-4-7-12(14)15/h1,4,6-7,10,13,16H,5,8-9H2,2H3. The number of rotatable bonds is 3. The first-order chi connectivity index (χ1) is 8.22. The predicted molar refractivity (Wildman–Crippen MR) is 70.5 cm³/mol. The third kappa shape index (κ3) is 2.83. The minimum Gasteiger partial charge on any atom is -0.306 e. The fourth-order valence-electron chi connectivity index (χ4n) is 2.14. The van der Waals surface area contributed by atoms with E-state index in [4.69, 9.17) is 6.42 Å². The Hall–Kier alpha value is -0.980. The summed E-state index contributed by atoms with van der Waals surface area (Å²) in [4.78, 5) is 0.796. The number of thioether (sulfide) groups is 1. The average Bonchev–Trinajstić information content (AvgIpc) is 2.31. The zero-order valence-corrected chi connectivity index (χ0v) is 10.7. The molecular weight excluding hydrogens is 233 g/mol. The van der Waals surface area contributed by atoms with Crippen molar-refractivity contribution in [1.82, 2.24) is 5.32 Å². The predicted octanol–water partition coefficient (Wildman–Crippen LogP) is 3.36. The van der Waals surface area contributed by atoms with E-state index >= 15 is 0 Å². The highest BCUT2D eigenvalue weighted by molar-refractivity contribution is 7.99. The lowest BCUT2D eigenvalue weighted by Crippen LogP contribution is -2.32. The van der Waals surface area contributed by atoms with Gasteiger partial charge >= 0.3 is 0 Å². The van der Waals surface area contributed by atoms with Crippen molar-refractivity contribution in [2.24, 2.45) is 0 Å². The van der Waals surface area contributed by atoms with Gasteiger partial charge < -0.3 is 5.32 Å². The molecule has 17 heavy (non-hydrogen) atoms. The molecule has 1 heterocycles. The van der Waals surface area contributed by atoms with Crippen LogP contribution >= 0.6 is 11.8 Å². The molecule has 0 fully saturated rings. The van der Waals surface area contributed by atoms with E-state index in [0.29, 0.717) is 6.42 Å². The molecule has 90 valence electrons. The molecule has 2 rings (SSSR count). The summed E-state index contributed by atoms with van der Waals surface area (Å²) in [5.41, 5.74) is 1.07. The van der Waals surface area contributed by atoms with Crippen molar-refractivity contribution in [3.63, 3.8) is 0 Å². The highest BCUT2D eigenvalue weighted by Gasteiger charge is 2.23. The lowest BCUT2D eigenvalue weighted by molar-refractivity contribution is 0.439. The van der Waals surface area contributed by atoms with E-state index in [1.165, 1.54) is 6.07 Å². The Morgan fingerprint density at radius 1 is 1.65 bits per heavy atom. The van der Waals surface area contributed by atoms with Crippen LogP contribution in [0, 0.1) is 18.2 Å². The number of terminal acetylenes is 1. The van der Waals surface area contributed by atoms with Crippen LogP contribution in [0.2, 0.25) is 0 Å². The SMILES string of the molecule is C#CCC(C)NC1CCSc2c(F)cccc21. The quantitative estimate of drug-likeness (QED) is 0.824. The van der Waals surface area contributed by atoms with Crippen molar-refractivity contribution in [2.45, 2.75) is 36.7 Å². The Bertz CT molecular complexity index is 438. The molecule has 1 aliphatic heterocycles. The van der Waals surface area contributed by atoms with Crippen molar-refractivity contribution in [3.8, 4) is 12.3 Å². The molecule has 1 nitrogen and oxygen atoms in total. The monoisotopic (exact) mass is 249 g/mol. The van der Waals surface area contributed by atoms with Gasteiger partial charge in [-0.25, -0.2) is 4.39 Å². The normalized spacial score (nSPS) is 20.4. The minimum absolute atomic E-state index is 0.108. The summed E-state index contributed by atoms with van der Waals surface area (Å²) in [6.45, 7) is 2.07. The molecule has 0 aliphatic carbocycles. The molecule has 0 saturated heterocycles. The topological polar surface area (TPSA) is 12.0 Å². The van der Waals surface area contributed by atoms with Gasteiger partial charge in [-0.2, -0.15) is 0 Å². The molecule has 0 spiro atoms. The second-order valence-corrected chi connectivity index (χ2v) is 5.43. The Morgan fingerprint density at radius 2 is 2.47 bits per heavy atom. The molecule has 1 aromatic rings. The van der Waals surface area contributed by atoms with E-state index in [1.54, 1.807) is 17.8 Å². The van der Waals surface area contributed by atoms with E-state index in [2.05, 4.69) is 18.2 Å². The summed E-state index contributed by atoms with van der Waals surface area (Å²) < 4.78 is 13.6. The van der Waals surface area contributed by atoms with Gasteiger partial charge in [0.2, 0.25) is 0 Å². The number of halogens is 1. The molecule has 1 N–H and O–H groups in total. The smallest absolute Gasteiger partial charge is 0.137 e. The molecule has 0 amide bonds. The number of nitrogens with one attached hydrogen (secondary N) is 1. The van der Waals surface area contributed by atoms with Gasteiger partial charge in [0.25, 0.3) is 0 Å². The minimum atomic E-state index is -0.108. The zero-order valence-electron chi connectivity index (χ0n) is 9.87. The van der Waals surface area contributed by atoms with Gasteiger partial charge in [0.05, 0.1) is 0 Å². The van der Waals surface area contributed by atoms with Gasteiger partial charge in [-0.15, -0.1) is 24.1 Å². The first kappa shape index (κ1) is 12.5. The largest absolute Gasteiger partial charge is 0.306 e. The molecular formula is C14H16FNS. The van der Waals surface area contributed by atoms with Crippen LogP contribution in [0.25, 0.3) is 0 Å². The molecule has 0 radical (unpaired) electrons. The van der Waals surface area contributed by atoms with E-state index in [1.807, 2.05) is 6.07 Å². The zero-order chi connectivity index (χ0) is 12.3. The van der Waals surface area contributed by atoms with Crippen LogP contribution in [0.1, 0.15) is 31.4 Å². The molecule has 1 aromatic carbocycles. The summed E-state index contributed by atoms with van der Waals surface area (Å²) in [6, 6.07) is 5.80. The van der Waals surface area contributed by atoms with Gasteiger partial charge in [-0.3, -0.25) is 0 Å². The Morgan fingerprint density at radius 3 is 3.24 bits per heavy atom. The summed E-state index contributed by atoms with van der Waals surface area (Å²) >= 11 is 1.60. The summed E-state index contributed by atoms with van der Waals surface area (Å²) in [7, 11) is 0. The lowest BCUT2D eigenvalue weighted by Gasteiger charge is -2.28. The van der Waals surface area contributed by atoms with Crippen molar-refractivity contribution >= 4 is 11.8 Å². The van der Waals surface area contributed by atoms with Gasteiger partial charge in [0, 0.05) is 23.4 Å². The highest BCUT2D eigenvalue weighted by Crippen LogP contribution is 2.37. The second-order valence-electron chi connectivity index (χ2n) is 4.32. The molecule has 3 heteroatoms. The van der Waals surface area contributed by atoms with Crippen LogP contribution in [0.15, 0.2) is 23.1 Å². The fraction of sp³-hybridized carbons (Fsp3) is 0.429. The lowest BCUT2D eigenvalue weighted by atomic mass is 10.0. The first-order valence-electron chi connectivity index (χ1n) is 5.83. The van der Waals surface area contributed by atoms with Crippen LogP contribution in [0.3, 0.4) is 0 Å². The van der Waals surface area contributed by atoms with E-state index in [9.17, 15) is 4.39 Å². The van der Waals surface area contributed by atoms with Gasteiger partial charge in [0.15, 0.2) is 0 Å². The molecule has 1 aliphatic rings. The summed E-state index contributed by atoms with van der Waals surface area (Å²) in [5, 5.41) is 3.48. The van der Waals surface area contributed by atoms with Crippen LogP contribution in [-0.4, -0.2) is 11.8 Å². The van der Waals surface area contributed by atoms with Crippen molar-refractivity contribution in [1.29, 1.82) is 0 Å². The Balaban J connectivity index is 2.18. The summed E-state index contributed by atoms with van der Waals surface area (Å²) in [5.74, 6) is 3.50. The van der Waals surface area contributed by atoms with Crippen molar-refractivity contribution in [2.75, 3.05) is 5.75 Å². The maximum atomic E-state index is 13.6. The van der Waals surface area contributed by atoms with Crippen LogP contribution < -0.4 is 5.32 Å². The number of benzene rings is 1. The Labute approximate surface area is 106 Å². The van der Waals surface area contributed by atoms with E-state index < -0.39 is 0 Å². The third-order valence-corrected chi connectivity index (χ3v) is 4.09. The van der Waals surface area contributed by atoms with Gasteiger partial charge in [0.1, 0.15) is 5.82 Å². The average molecular weight is 249 g/mol. The molecule has 2 atom stereocenters. The molecule has 0 saturated carbocycles. The third-order valence-electron chi connectivity index (χ3n) is 2.94. The number of hydrogen-bond donors (Lipinski definition) is 1. The van der Waals surface area contributed by atoms with Crippen molar-refractivity contribution < 1.29 is 4.39 Å². The van der Waals surface area contributed by atoms with Crippen LogP contribution in [0.5, 0.6) is 0 Å². The van der Waals surface area contributed by atoms with Crippen molar-refractivity contribution in [3.05, 3.63) is 29.6 Å². The fourth-order valence-corrected chi connectivity index (χ4v) is 3.28. The van der Waals surface area contributed by atoms with Crippen LogP contribution in [-0.2, 0) is 0 Å². The summed E-state index contributed by atoms with van der Waals surface area (Å²) in [6.07, 6.45) is 7.03. The second kappa shape index (κ2) is 5.57. The Kier molecular flexibility index (Phi) is 4.09. The van der Waals surface area contributed by atoms with Gasteiger partial charge in [-0.1, -0.05) is 12.1 Å². The maximum Gasteiger partial charge on any atom is 0.137 e. The highest BCUT2D eigenvalue weighted by atomic mass is 32.2. The number of hydrogen-bond acceptors (Lipinski definition) is 2. The van der Waals surface area contributed by atoms with Crippen LogP contribution in [0.4, 0.5) is 4.39 Å². The molecule has 0 aromatic heterocycles. The van der Waals surface area contributed by atoms with Gasteiger partial charge in [-0.05, 0) is 30.7 Å². The van der Waals surface area contributed by atoms with E-state index in [-0.39, 0.29) is 17.9 Å². The van der Waals surface area contributed by atoms with E-state index in [0.717, 1.165) is 22.6 Å². The number of fused-ring (bicyclic) bond motifs is 1.